The van der Waals surface area contributed by atoms with Crippen LogP contribution >= 0.6 is 11.6 Å². The van der Waals surface area contributed by atoms with Crippen molar-refractivity contribution in [2.75, 3.05) is 19.6 Å². The molecule has 134 valence electrons. The van der Waals surface area contributed by atoms with E-state index in [1.54, 1.807) is 0 Å². The highest BCUT2D eigenvalue weighted by molar-refractivity contribution is 6.30. The summed E-state index contributed by atoms with van der Waals surface area (Å²) in [5.74, 6) is 0.189. The van der Waals surface area contributed by atoms with Gasteiger partial charge in [0, 0.05) is 43.8 Å². The number of carbonyl (C=O) groups is 1. The molecule has 25 heavy (non-hydrogen) atoms. The van der Waals surface area contributed by atoms with Crippen LogP contribution in [0.4, 0.5) is 0 Å². The SMILES string of the molecule is Cc1nn(C)c(C)c1CCC(=O)N1CCNCC1c1cccc(Cl)c1. The molecule has 1 atom stereocenters. The lowest BCUT2D eigenvalue weighted by Gasteiger charge is -2.36. The third-order valence-electron chi connectivity index (χ3n) is 5.04. The van der Waals surface area contributed by atoms with Crippen molar-refractivity contribution in [3.05, 3.63) is 51.8 Å². The van der Waals surface area contributed by atoms with Crippen LogP contribution in [0.3, 0.4) is 0 Å². The van der Waals surface area contributed by atoms with Crippen molar-refractivity contribution < 1.29 is 4.79 Å². The first-order chi connectivity index (χ1) is 12.0. The van der Waals surface area contributed by atoms with Gasteiger partial charge in [-0.2, -0.15) is 5.10 Å². The molecule has 1 fully saturated rings. The molecule has 0 radical (unpaired) electrons. The molecule has 0 saturated carbocycles. The predicted molar refractivity (Wildman–Crippen MR) is 99.8 cm³/mol. The van der Waals surface area contributed by atoms with E-state index in [1.165, 1.54) is 5.56 Å². The summed E-state index contributed by atoms with van der Waals surface area (Å²) in [5, 5.41) is 8.53. The summed E-state index contributed by atoms with van der Waals surface area (Å²) in [5.41, 5.74) is 4.42. The first-order valence-electron chi connectivity index (χ1n) is 8.72. The van der Waals surface area contributed by atoms with Crippen LogP contribution in [0.25, 0.3) is 0 Å². The molecule has 0 bridgehead atoms. The zero-order chi connectivity index (χ0) is 18.0. The predicted octanol–water partition coefficient (Wildman–Crippen LogP) is 2.80. The molecule has 1 aromatic carbocycles. The number of nitrogens with one attached hydrogen (secondary N) is 1. The van der Waals surface area contributed by atoms with E-state index in [1.807, 2.05) is 47.8 Å². The summed E-state index contributed by atoms with van der Waals surface area (Å²) in [7, 11) is 1.94. The summed E-state index contributed by atoms with van der Waals surface area (Å²) in [6.45, 7) is 6.37. The highest BCUT2D eigenvalue weighted by Gasteiger charge is 2.28. The number of amides is 1. The monoisotopic (exact) mass is 360 g/mol. The van der Waals surface area contributed by atoms with E-state index < -0.39 is 0 Å². The lowest BCUT2D eigenvalue weighted by Crippen LogP contribution is -2.48. The van der Waals surface area contributed by atoms with Gasteiger partial charge in [0.15, 0.2) is 0 Å². The Balaban J connectivity index is 1.73. The van der Waals surface area contributed by atoms with E-state index in [2.05, 4.69) is 17.3 Å². The standard InChI is InChI=1S/C19H25ClN4O/c1-13-17(14(2)23(3)22-13)7-8-19(25)24-10-9-21-12-18(24)15-5-4-6-16(20)11-15/h4-6,11,18,21H,7-10,12H2,1-3H3. The topological polar surface area (TPSA) is 50.2 Å². The van der Waals surface area contributed by atoms with E-state index in [4.69, 9.17) is 11.6 Å². The molecule has 6 heteroatoms. The normalized spacial score (nSPS) is 17.8. The Kier molecular flexibility index (Phi) is 5.45. The van der Waals surface area contributed by atoms with Crippen molar-refractivity contribution in [2.45, 2.75) is 32.7 Å². The van der Waals surface area contributed by atoms with Gasteiger partial charge in [-0.15, -0.1) is 0 Å². The fourth-order valence-electron chi connectivity index (χ4n) is 3.57. The number of aromatic nitrogens is 2. The van der Waals surface area contributed by atoms with Crippen LogP contribution in [0, 0.1) is 13.8 Å². The number of hydrogen-bond acceptors (Lipinski definition) is 3. The van der Waals surface area contributed by atoms with Gasteiger partial charge in [0.2, 0.25) is 5.91 Å². The van der Waals surface area contributed by atoms with Gasteiger partial charge < -0.3 is 10.2 Å². The number of nitrogens with zero attached hydrogens (tertiary/aromatic N) is 3. The Morgan fingerprint density at radius 3 is 2.88 bits per heavy atom. The number of aryl methyl sites for hydroxylation is 2. The van der Waals surface area contributed by atoms with Gasteiger partial charge in [0.05, 0.1) is 11.7 Å². The summed E-state index contributed by atoms with van der Waals surface area (Å²) >= 11 is 6.14. The Bertz CT molecular complexity index is 771. The first kappa shape index (κ1) is 18.0. The lowest BCUT2D eigenvalue weighted by atomic mass is 10.0. The average molecular weight is 361 g/mol. The fourth-order valence-corrected chi connectivity index (χ4v) is 3.77. The maximum Gasteiger partial charge on any atom is 0.223 e. The number of piperazine rings is 1. The van der Waals surface area contributed by atoms with E-state index in [0.29, 0.717) is 11.4 Å². The highest BCUT2D eigenvalue weighted by atomic mass is 35.5. The number of benzene rings is 1. The van der Waals surface area contributed by atoms with E-state index in [-0.39, 0.29) is 11.9 Å². The second-order valence-corrected chi connectivity index (χ2v) is 7.07. The van der Waals surface area contributed by atoms with E-state index in [9.17, 15) is 4.79 Å². The second kappa shape index (κ2) is 7.58. The molecule has 0 aliphatic carbocycles. The molecule has 1 aliphatic heterocycles. The Labute approximate surface area is 154 Å². The van der Waals surface area contributed by atoms with Crippen molar-refractivity contribution in [1.29, 1.82) is 0 Å². The van der Waals surface area contributed by atoms with Crippen LogP contribution in [-0.2, 0) is 18.3 Å². The van der Waals surface area contributed by atoms with Gasteiger partial charge in [-0.25, -0.2) is 0 Å². The van der Waals surface area contributed by atoms with Crippen molar-refractivity contribution in [2.24, 2.45) is 7.05 Å². The maximum absolute atomic E-state index is 12.9. The van der Waals surface area contributed by atoms with Gasteiger partial charge in [-0.1, -0.05) is 23.7 Å². The second-order valence-electron chi connectivity index (χ2n) is 6.64. The number of hydrogen-bond donors (Lipinski definition) is 1. The molecule has 1 saturated heterocycles. The molecule has 2 aromatic rings. The quantitative estimate of drug-likeness (QED) is 0.912. The van der Waals surface area contributed by atoms with E-state index >= 15 is 0 Å². The summed E-state index contributed by atoms with van der Waals surface area (Å²) in [6, 6.07) is 7.84. The minimum Gasteiger partial charge on any atom is -0.333 e. The highest BCUT2D eigenvalue weighted by Crippen LogP contribution is 2.26. The van der Waals surface area contributed by atoms with Gasteiger partial charge >= 0.3 is 0 Å². The molecule has 1 unspecified atom stereocenters. The molecule has 0 spiro atoms. The molecular weight excluding hydrogens is 336 g/mol. The number of halogens is 1. The molecule has 3 rings (SSSR count). The molecule has 1 N–H and O–H groups in total. The van der Waals surface area contributed by atoms with Gasteiger partial charge in [0.25, 0.3) is 0 Å². The Hall–Kier alpha value is -1.85. The summed E-state index contributed by atoms with van der Waals surface area (Å²) in [4.78, 5) is 14.9. The van der Waals surface area contributed by atoms with Crippen LogP contribution in [0.15, 0.2) is 24.3 Å². The average Bonchev–Trinajstić information content (AvgIpc) is 2.85. The summed E-state index contributed by atoms with van der Waals surface area (Å²) < 4.78 is 1.88. The van der Waals surface area contributed by atoms with Gasteiger partial charge in [-0.05, 0) is 43.5 Å². The number of carbonyl (C=O) groups excluding carboxylic acids is 1. The zero-order valence-corrected chi connectivity index (χ0v) is 15.8. The van der Waals surface area contributed by atoms with Crippen LogP contribution in [0.2, 0.25) is 5.02 Å². The number of rotatable bonds is 4. The van der Waals surface area contributed by atoms with Crippen molar-refractivity contribution in [3.8, 4) is 0 Å². The molecule has 5 nitrogen and oxygen atoms in total. The lowest BCUT2D eigenvalue weighted by molar-refractivity contribution is -0.134. The van der Waals surface area contributed by atoms with Crippen LogP contribution in [-0.4, -0.2) is 40.2 Å². The van der Waals surface area contributed by atoms with E-state index in [0.717, 1.165) is 43.0 Å². The van der Waals surface area contributed by atoms with Crippen LogP contribution < -0.4 is 5.32 Å². The third kappa shape index (κ3) is 3.88. The minimum atomic E-state index is 0.0380. The molecular formula is C19H25ClN4O. The van der Waals surface area contributed by atoms with Crippen LogP contribution in [0.1, 0.15) is 35.0 Å². The van der Waals surface area contributed by atoms with Crippen molar-refractivity contribution in [1.82, 2.24) is 20.0 Å². The summed E-state index contributed by atoms with van der Waals surface area (Å²) in [6.07, 6.45) is 1.24. The molecule has 1 amide bonds. The maximum atomic E-state index is 12.9. The zero-order valence-electron chi connectivity index (χ0n) is 15.1. The first-order valence-corrected chi connectivity index (χ1v) is 9.10. The Morgan fingerprint density at radius 2 is 2.20 bits per heavy atom. The largest absolute Gasteiger partial charge is 0.333 e. The van der Waals surface area contributed by atoms with Crippen LogP contribution in [0.5, 0.6) is 0 Å². The smallest absolute Gasteiger partial charge is 0.223 e. The third-order valence-corrected chi connectivity index (χ3v) is 5.28. The Morgan fingerprint density at radius 1 is 1.40 bits per heavy atom. The van der Waals surface area contributed by atoms with Crippen molar-refractivity contribution >= 4 is 17.5 Å². The fraction of sp³-hybridized carbons (Fsp3) is 0.474. The molecule has 2 heterocycles. The van der Waals surface area contributed by atoms with Gasteiger partial charge in [0.1, 0.15) is 0 Å². The molecule has 1 aromatic heterocycles. The van der Waals surface area contributed by atoms with Gasteiger partial charge in [-0.3, -0.25) is 9.48 Å². The minimum absolute atomic E-state index is 0.0380. The van der Waals surface area contributed by atoms with Crippen molar-refractivity contribution in [3.63, 3.8) is 0 Å². The molecule has 1 aliphatic rings.